The highest BCUT2D eigenvalue weighted by atomic mass is 32.2. The number of nitrogens with two attached hydrogens (primary N) is 1. The second-order valence-electron chi connectivity index (χ2n) is 5.42. The van der Waals surface area contributed by atoms with E-state index in [4.69, 9.17) is 9.92 Å². The van der Waals surface area contributed by atoms with E-state index in [1.807, 2.05) is 6.07 Å². The van der Waals surface area contributed by atoms with Crippen molar-refractivity contribution >= 4 is 27.4 Å². The highest BCUT2D eigenvalue weighted by Gasteiger charge is 2.19. The first-order valence-corrected chi connectivity index (χ1v) is 9.12. The van der Waals surface area contributed by atoms with Crippen molar-refractivity contribution in [2.24, 2.45) is 0 Å². The Morgan fingerprint density at radius 1 is 0.885 bits per heavy atom. The predicted octanol–water partition coefficient (Wildman–Crippen LogP) is 3.29. The summed E-state index contributed by atoms with van der Waals surface area (Å²) in [5.41, 5.74) is 6.71. The lowest BCUT2D eigenvalue weighted by Gasteiger charge is -2.10. The number of carbonyl (C=O) groups excluding carboxylic acids is 1. The van der Waals surface area contributed by atoms with Crippen LogP contribution in [0.3, 0.4) is 0 Å². The van der Waals surface area contributed by atoms with Gasteiger partial charge in [0.15, 0.2) is 0 Å². The van der Waals surface area contributed by atoms with Gasteiger partial charge in [0.2, 0.25) is 0 Å². The Bertz CT molecular complexity index is 1020. The molecule has 132 valence electrons. The summed E-state index contributed by atoms with van der Waals surface area (Å²) in [6, 6.07) is 20.9. The van der Waals surface area contributed by atoms with Crippen LogP contribution >= 0.6 is 0 Å². The van der Waals surface area contributed by atoms with E-state index >= 15 is 0 Å². The highest BCUT2D eigenvalue weighted by Crippen LogP contribution is 2.23. The Hall–Kier alpha value is -3.32. The van der Waals surface area contributed by atoms with Crippen LogP contribution in [0.5, 0.6) is 5.75 Å². The third-order valence-corrected chi connectivity index (χ3v) is 4.78. The molecule has 0 saturated carbocycles. The molecular weight excluding hydrogens is 352 g/mol. The van der Waals surface area contributed by atoms with Gasteiger partial charge in [0.25, 0.3) is 5.91 Å². The molecule has 3 aromatic carbocycles. The van der Waals surface area contributed by atoms with Gasteiger partial charge in [-0.1, -0.05) is 36.4 Å². The molecule has 0 atom stereocenters. The van der Waals surface area contributed by atoms with Crippen molar-refractivity contribution in [2.75, 3.05) is 11.1 Å². The summed E-state index contributed by atoms with van der Waals surface area (Å²) in [5.74, 6) is -0.237. The number of hydrogen-bond donors (Lipinski definition) is 2. The first-order valence-electron chi connectivity index (χ1n) is 7.71. The van der Waals surface area contributed by atoms with Crippen LogP contribution in [0.4, 0.5) is 11.4 Å². The van der Waals surface area contributed by atoms with Crippen molar-refractivity contribution in [2.45, 2.75) is 4.90 Å². The normalized spacial score (nSPS) is 10.9. The molecule has 0 fully saturated rings. The van der Waals surface area contributed by atoms with Gasteiger partial charge in [0.1, 0.15) is 10.6 Å². The molecule has 7 heteroatoms. The number of rotatable bonds is 5. The van der Waals surface area contributed by atoms with Crippen molar-refractivity contribution in [1.82, 2.24) is 0 Å². The number of benzene rings is 3. The molecule has 0 aliphatic carbocycles. The highest BCUT2D eigenvalue weighted by molar-refractivity contribution is 7.87. The molecule has 0 aliphatic rings. The van der Waals surface area contributed by atoms with E-state index in [0.29, 0.717) is 5.69 Å². The van der Waals surface area contributed by atoms with Crippen LogP contribution in [0, 0.1) is 0 Å². The monoisotopic (exact) mass is 368 g/mol. The summed E-state index contributed by atoms with van der Waals surface area (Å²) in [6.07, 6.45) is 0. The Morgan fingerprint density at radius 3 is 2.12 bits per heavy atom. The molecule has 0 heterocycles. The fourth-order valence-electron chi connectivity index (χ4n) is 2.27. The lowest BCUT2D eigenvalue weighted by molar-refractivity contribution is 0.102. The number of para-hydroxylation sites is 2. The van der Waals surface area contributed by atoms with E-state index in [1.165, 1.54) is 30.3 Å². The van der Waals surface area contributed by atoms with Crippen LogP contribution in [-0.2, 0) is 10.1 Å². The van der Waals surface area contributed by atoms with Gasteiger partial charge in [-0.05, 0) is 42.5 Å². The van der Waals surface area contributed by atoms with Crippen LogP contribution in [0.15, 0.2) is 83.8 Å². The van der Waals surface area contributed by atoms with E-state index in [2.05, 4.69) is 5.32 Å². The minimum absolute atomic E-state index is 0.0381. The first-order chi connectivity index (χ1) is 12.5. The van der Waals surface area contributed by atoms with Gasteiger partial charge < -0.3 is 15.2 Å². The molecule has 3 aromatic rings. The lowest BCUT2D eigenvalue weighted by Crippen LogP contribution is -2.15. The predicted molar refractivity (Wildman–Crippen MR) is 99.5 cm³/mol. The zero-order chi connectivity index (χ0) is 18.6. The maximum absolute atomic E-state index is 12.3. The summed E-state index contributed by atoms with van der Waals surface area (Å²) in [6.45, 7) is 0. The van der Waals surface area contributed by atoms with Crippen LogP contribution in [0.2, 0.25) is 0 Å². The molecule has 1 amide bonds. The van der Waals surface area contributed by atoms with E-state index in [1.54, 1.807) is 42.5 Å². The van der Waals surface area contributed by atoms with Crippen LogP contribution in [-0.4, -0.2) is 14.3 Å². The van der Waals surface area contributed by atoms with Gasteiger partial charge in [-0.15, -0.1) is 0 Å². The molecule has 0 aromatic heterocycles. The first kappa shape index (κ1) is 17.5. The van der Waals surface area contributed by atoms with Crippen molar-refractivity contribution < 1.29 is 17.4 Å². The second kappa shape index (κ2) is 7.28. The molecule has 3 rings (SSSR count). The largest absolute Gasteiger partial charge is 0.398 e. The van der Waals surface area contributed by atoms with Gasteiger partial charge in [-0.2, -0.15) is 8.42 Å². The van der Waals surface area contributed by atoms with E-state index in [-0.39, 0.29) is 21.9 Å². The topological polar surface area (TPSA) is 98.5 Å². The number of hydrogen-bond acceptors (Lipinski definition) is 5. The molecule has 0 unspecified atom stereocenters. The van der Waals surface area contributed by atoms with Crippen molar-refractivity contribution in [1.29, 1.82) is 0 Å². The molecule has 0 radical (unpaired) electrons. The Kier molecular flexibility index (Phi) is 4.90. The molecule has 0 bridgehead atoms. The SMILES string of the molecule is Nc1cc(S(=O)(=O)Oc2ccccc2)ccc1C(=O)Nc1ccccc1. The summed E-state index contributed by atoms with van der Waals surface area (Å²) in [5, 5.41) is 2.70. The summed E-state index contributed by atoms with van der Waals surface area (Å²) >= 11 is 0. The molecule has 6 nitrogen and oxygen atoms in total. The smallest absolute Gasteiger partial charge is 0.339 e. The minimum atomic E-state index is -4.05. The average molecular weight is 368 g/mol. The molecule has 0 aliphatic heterocycles. The van der Waals surface area contributed by atoms with Crippen LogP contribution < -0.4 is 15.2 Å². The maximum atomic E-state index is 12.3. The number of anilines is 2. The van der Waals surface area contributed by atoms with Gasteiger partial charge in [0.05, 0.1) is 5.56 Å². The standard InChI is InChI=1S/C19H16N2O4S/c20-18-13-16(26(23,24)25-15-9-5-2-6-10-15)11-12-17(18)19(22)21-14-7-3-1-4-8-14/h1-13H,20H2,(H,21,22). The van der Waals surface area contributed by atoms with E-state index < -0.39 is 16.0 Å². The zero-order valence-electron chi connectivity index (χ0n) is 13.6. The van der Waals surface area contributed by atoms with Crippen LogP contribution in [0.1, 0.15) is 10.4 Å². The molecule has 0 saturated heterocycles. The average Bonchev–Trinajstić information content (AvgIpc) is 2.63. The summed E-state index contributed by atoms with van der Waals surface area (Å²) in [4.78, 5) is 12.2. The number of nitrogens with one attached hydrogen (secondary N) is 1. The zero-order valence-corrected chi connectivity index (χ0v) is 14.4. The third kappa shape index (κ3) is 4.01. The van der Waals surface area contributed by atoms with Crippen molar-refractivity contribution in [3.05, 3.63) is 84.4 Å². The lowest BCUT2D eigenvalue weighted by atomic mass is 10.1. The summed E-state index contributed by atoms with van der Waals surface area (Å²) < 4.78 is 29.8. The van der Waals surface area contributed by atoms with E-state index in [9.17, 15) is 13.2 Å². The number of carbonyl (C=O) groups is 1. The Labute approximate surface area is 151 Å². The van der Waals surface area contributed by atoms with Crippen LogP contribution in [0.25, 0.3) is 0 Å². The minimum Gasteiger partial charge on any atom is -0.398 e. The van der Waals surface area contributed by atoms with Crippen molar-refractivity contribution in [3.63, 3.8) is 0 Å². The fraction of sp³-hybridized carbons (Fsp3) is 0. The molecular formula is C19H16N2O4S. The van der Waals surface area contributed by atoms with Gasteiger partial charge in [-0.25, -0.2) is 0 Å². The maximum Gasteiger partial charge on any atom is 0.339 e. The van der Waals surface area contributed by atoms with Gasteiger partial charge >= 0.3 is 10.1 Å². The summed E-state index contributed by atoms with van der Waals surface area (Å²) in [7, 11) is -4.05. The molecule has 0 spiro atoms. The number of nitrogen functional groups attached to an aromatic ring is 1. The molecule has 26 heavy (non-hydrogen) atoms. The second-order valence-corrected chi connectivity index (χ2v) is 6.97. The van der Waals surface area contributed by atoms with Gasteiger partial charge in [0, 0.05) is 11.4 Å². The van der Waals surface area contributed by atoms with Gasteiger partial charge in [-0.3, -0.25) is 4.79 Å². The Balaban J connectivity index is 1.82. The molecule has 3 N–H and O–H groups in total. The quantitative estimate of drug-likeness (QED) is 0.532. The number of amides is 1. The third-order valence-electron chi connectivity index (χ3n) is 3.54. The van der Waals surface area contributed by atoms with E-state index in [0.717, 1.165) is 0 Å². The van der Waals surface area contributed by atoms with Crippen molar-refractivity contribution in [3.8, 4) is 5.75 Å². The fourth-order valence-corrected chi connectivity index (χ4v) is 3.24. The Morgan fingerprint density at radius 2 is 1.50 bits per heavy atom.